The minimum absolute atomic E-state index is 0.536. The molecule has 1 rings (SSSR count). The summed E-state index contributed by atoms with van der Waals surface area (Å²) in [6.45, 7) is 8.28. The standard InChI is InChI=1S/C13H19N.C2H6/c1-3-4-6-9-12(2)14-13-10-7-5-8-11-13;1-2/h3-5,7-8,10-12,14H,6,9H2,1-2H3;1-2H3/b4-3-;. The molecule has 16 heavy (non-hydrogen) atoms. The van der Waals surface area contributed by atoms with E-state index in [0.717, 1.165) is 6.42 Å². The summed E-state index contributed by atoms with van der Waals surface area (Å²) in [4.78, 5) is 0. The highest BCUT2D eigenvalue weighted by molar-refractivity contribution is 5.43. The van der Waals surface area contributed by atoms with Crippen molar-refractivity contribution in [1.82, 2.24) is 0 Å². The zero-order valence-corrected chi connectivity index (χ0v) is 11.0. The maximum Gasteiger partial charge on any atom is 0.0342 e. The van der Waals surface area contributed by atoms with Crippen LogP contribution in [0.15, 0.2) is 42.5 Å². The molecule has 1 aromatic carbocycles. The molecule has 0 radical (unpaired) electrons. The quantitative estimate of drug-likeness (QED) is 0.697. The molecule has 1 atom stereocenters. The van der Waals surface area contributed by atoms with Crippen molar-refractivity contribution in [2.75, 3.05) is 5.32 Å². The van der Waals surface area contributed by atoms with Crippen LogP contribution >= 0.6 is 0 Å². The fraction of sp³-hybridized carbons (Fsp3) is 0.467. The summed E-state index contributed by atoms with van der Waals surface area (Å²) >= 11 is 0. The molecule has 0 heterocycles. The van der Waals surface area contributed by atoms with Gasteiger partial charge < -0.3 is 5.32 Å². The highest BCUT2D eigenvalue weighted by Crippen LogP contribution is 2.09. The Morgan fingerprint density at radius 2 is 1.81 bits per heavy atom. The third-order valence-corrected chi connectivity index (χ3v) is 2.19. The van der Waals surface area contributed by atoms with Gasteiger partial charge in [0.2, 0.25) is 0 Å². The number of allylic oxidation sites excluding steroid dienone is 2. The molecule has 0 saturated heterocycles. The number of para-hydroxylation sites is 1. The van der Waals surface area contributed by atoms with Gasteiger partial charge in [0.25, 0.3) is 0 Å². The fourth-order valence-electron chi connectivity index (χ4n) is 1.40. The Hall–Kier alpha value is -1.24. The van der Waals surface area contributed by atoms with Gasteiger partial charge in [-0.1, -0.05) is 44.2 Å². The van der Waals surface area contributed by atoms with Gasteiger partial charge in [-0.05, 0) is 38.8 Å². The molecule has 0 aliphatic rings. The molecule has 1 heteroatoms. The molecule has 0 spiro atoms. The summed E-state index contributed by atoms with van der Waals surface area (Å²) in [5.74, 6) is 0. The normalized spacial score (nSPS) is 11.8. The summed E-state index contributed by atoms with van der Waals surface area (Å²) < 4.78 is 0. The van der Waals surface area contributed by atoms with Gasteiger partial charge in [0, 0.05) is 11.7 Å². The average molecular weight is 219 g/mol. The zero-order valence-electron chi connectivity index (χ0n) is 11.0. The summed E-state index contributed by atoms with van der Waals surface area (Å²) in [6, 6.07) is 10.9. The average Bonchev–Trinajstić information content (AvgIpc) is 2.33. The third kappa shape index (κ3) is 7.10. The lowest BCUT2D eigenvalue weighted by atomic mass is 10.1. The largest absolute Gasteiger partial charge is 0.383 e. The van der Waals surface area contributed by atoms with Gasteiger partial charge in [-0.3, -0.25) is 0 Å². The van der Waals surface area contributed by atoms with Crippen LogP contribution < -0.4 is 5.32 Å². The molecule has 90 valence electrons. The molecule has 0 saturated carbocycles. The molecule has 0 amide bonds. The van der Waals surface area contributed by atoms with Crippen LogP contribution in [0.2, 0.25) is 0 Å². The van der Waals surface area contributed by atoms with Gasteiger partial charge in [0.15, 0.2) is 0 Å². The molecular weight excluding hydrogens is 194 g/mol. The summed E-state index contributed by atoms with van der Waals surface area (Å²) in [7, 11) is 0. The first kappa shape index (κ1) is 14.8. The summed E-state index contributed by atoms with van der Waals surface area (Å²) in [6.07, 6.45) is 6.65. The van der Waals surface area contributed by atoms with Gasteiger partial charge in [-0.25, -0.2) is 0 Å². The second-order valence-electron chi connectivity index (χ2n) is 3.56. The third-order valence-electron chi connectivity index (χ3n) is 2.19. The first-order valence-electron chi connectivity index (χ1n) is 6.25. The Kier molecular flexibility index (Phi) is 9.49. The highest BCUT2D eigenvalue weighted by atomic mass is 14.9. The number of rotatable bonds is 5. The van der Waals surface area contributed by atoms with E-state index in [4.69, 9.17) is 0 Å². The number of nitrogens with one attached hydrogen (secondary N) is 1. The van der Waals surface area contributed by atoms with Crippen molar-refractivity contribution in [3.63, 3.8) is 0 Å². The molecule has 0 bridgehead atoms. The van der Waals surface area contributed by atoms with E-state index in [2.05, 4.69) is 55.6 Å². The van der Waals surface area contributed by atoms with Crippen molar-refractivity contribution in [1.29, 1.82) is 0 Å². The smallest absolute Gasteiger partial charge is 0.0342 e. The fourth-order valence-corrected chi connectivity index (χ4v) is 1.40. The Morgan fingerprint density at radius 1 is 1.19 bits per heavy atom. The highest BCUT2D eigenvalue weighted by Gasteiger charge is 1.99. The van der Waals surface area contributed by atoms with E-state index in [1.807, 2.05) is 19.9 Å². The van der Waals surface area contributed by atoms with Crippen LogP contribution in [-0.4, -0.2) is 6.04 Å². The molecule has 1 unspecified atom stereocenters. The number of hydrogen-bond acceptors (Lipinski definition) is 1. The van der Waals surface area contributed by atoms with E-state index in [1.165, 1.54) is 12.1 Å². The Labute approximate surface area is 101 Å². The van der Waals surface area contributed by atoms with Crippen LogP contribution in [0, 0.1) is 0 Å². The Morgan fingerprint density at radius 3 is 2.38 bits per heavy atom. The summed E-state index contributed by atoms with van der Waals surface area (Å²) in [5.41, 5.74) is 1.21. The van der Waals surface area contributed by atoms with Gasteiger partial charge in [-0.2, -0.15) is 0 Å². The van der Waals surface area contributed by atoms with Crippen molar-refractivity contribution < 1.29 is 0 Å². The minimum Gasteiger partial charge on any atom is -0.383 e. The van der Waals surface area contributed by atoms with Crippen LogP contribution in [-0.2, 0) is 0 Å². The van der Waals surface area contributed by atoms with Crippen LogP contribution in [0.5, 0.6) is 0 Å². The molecule has 1 nitrogen and oxygen atoms in total. The van der Waals surface area contributed by atoms with Crippen molar-refractivity contribution >= 4 is 5.69 Å². The molecular formula is C15H25N. The van der Waals surface area contributed by atoms with E-state index >= 15 is 0 Å². The topological polar surface area (TPSA) is 12.0 Å². The van der Waals surface area contributed by atoms with E-state index in [0.29, 0.717) is 6.04 Å². The SMILES string of the molecule is C/C=C\CCC(C)Nc1ccccc1.CC. The Balaban J connectivity index is 0.00000106. The van der Waals surface area contributed by atoms with Crippen LogP contribution in [0.1, 0.15) is 40.5 Å². The molecule has 1 N–H and O–H groups in total. The molecule has 0 aliphatic carbocycles. The lowest BCUT2D eigenvalue weighted by Crippen LogP contribution is -2.14. The van der Waals surface area contributed by atoms with Crippen molar-refractivity contribution in [3.05, 3.63) is 42.5 Å². The first-order chi connectivity index (χ1) is 7.83. The van der Waals surface area contributed by atoms with Crippen LogP contribution in [0.3, 0.4) is 0 Å². The van der Waals surface area contributed by atoms with E-state index in [1.54, 1.807) is 0 Å². The lowest BCUT2D eigenvalue weighted by molar-refractivity contribution is 0.718. The zero-order chi connectivity index (χ0) is 12.2. The number of hydrogen-bond donors (Lipinski definition) is 1. The van der Waals surface area contributed by atoms with E-state index in [-0.39, 0.29) is 0 Å². The molecule has 1 aromatic rings. The van der Waals surface area contributed by atoms with Crippen LogP contribution in [0.25, 0.3) is 0 Å². The van der Waals surface area contributed by atoms with Gasteiger partial charge in [0.1, 0.15) is 0 Å². The van der Waals surface area contributed by atoms with E-state index < -0.39 is 0 Å². The van der Waals surface area contributed by atoms with Crippen molar-refractivity contribution in [2.45, 2.75) is 46.6 Å². The second kappa shape index (κ2) is 10.3. The number of benzene rings is 1. The van der Waals surface area contributed by atoms with Gasteiger partial charge in [0.05, 0.1) is 0 Å². The second-order valence-corrected chi connectivity index (χ2v) is 3.56. The molecule has 0 aliphatic heterocycles. The maximum atomic E-state index is 3.47. The van der Waals surface area contributed by atoms with Gasteiger partial charge in [-0.15, -0.1) is 0 Å². The van der Waals surface area contributed by atoms with Crippen molar-refractivity contribution in [3.8, 4) is 0 Å². The predicted octanol–water partition coefficient (Wildman–Crippen LogP) is 4.87. The summed E-state index contributed by atoms with van der Waals surface area (Å²) in [5, 5.41) is 3.47. The van der Waals surface area contributed by atoms with Crippen molar-refractivity contribution in [2.24, 2.45) is 0 Å². The minimum atomic E-state index is 0.536. The first-order valence-corrected chi connectivity index (χ1v) is 6.25. The van der Waals surface area contributed by atoms with Crippen LogP contribution in [0.4, 0.5) is 5.69 Å². The van der Waals surface area contributed by atoms with E-state index in [9.17, 15) is 0 Å². The molecule has 0 aromatic heterocycles. The monoisotopic (exact) mass is 219 g/mol. The predicted molar refractivity (Wildman–Crippen MR) is 74.9 cm³/mol. The lowest BCUT2D eigenvalue weighted by Gasteiger charge is -2.13. The maximum absolute atomic E-state index is 3.47. The Bertz CT molecular complexity index is 264. The van der Waals surface area contributed by atoms with Gasteiger partial charge >= 0.3 is 0 Å². The number of anilines is 1. The molecule has 0 fully saturated rings.